The first-order valence-electron chi connectivity index (χ1n) is 8.43. The minimum Gasteiger partial charge on any atom is -0.333 e. The number of rotatable bonds is 4. The average molecular weight is 458 g/mol. The smallest absolute Gasteiger partial charge is 0.317 e. The minimum atomic E-state index is -3.69. The Labute approximate surface area is 175 Å². The van der Waals surface area contributed by atoms with Crippen LogP contribution in [0, 0.1) is 0 Å². The molecule has 0 aliphatic carbocycles. The maximum absolute atomic E-state index is 13.0. The van der Waals surface area contributed by atoms with Gasteiger partial charge in [0.05, 0.1) is 22.6 Å². The maximum atomic E-state index is 13.0. The predicted octanol–water partition coefficient (Wildman–Crippen LogP) is 2.62. The van der Waals surface area contributed by atoms with Crippen molar-refractivity contribution >= 4 is 61.8 Å². The van der Waals surface area contributed by atoms with Crippen LogP contribution in [0.1, 0.15) is 4.88 Å². The number of benzene rings is 1. The Bertz CT molecular complexity index is 1110. The zero-order valence-electron chi connectivity index (χ0n) is 14.5. The second-order valence-electron chi connectivity index (χ2n) is 6.14. The largest absolute Gasteiger partial charge is 0.333 e. The van der Waals surface area contributed by atoms with Gasteiger partial charge < -0.3 is 10.2 Å². The van der Waals surface area contributed by atoms with E-state index in [0.29, 0.717) is 35.0 Å². The number of thiophene rings is 1. The van der Waals surface area contributed by atoms with Crippen LogP contribution in [0.3, 0.4) is 0 Å². The van der Waals surface area contributed by atoms with Crippen LogP contribution in [0.2, 0.25) is 4.34 Å². The molecule has 1 saturated heterocycles. The summed E-state index contributed by atoms with van der Waals surface area (Å²) < 4.78 is 36.3. The van der Waals surface area contributed by atoms with Gasteiger partial charge in [0.15, 0.2) is 0 Å². The van der Waals surface area contributed by atoms with E-state index in [0.717, 1.165) is 16.6 Å². The fourth-order valence-corrected chi connectivity index (χ4v) is 6.18. The molecular weight excluding hydrogens is 442 g/mol. The molecule has 0 bridgehead atoms. The van der Waals surface area contributed by atoms with E-state index in [1.54, 1.807) is 29.2 Å². The van der Waals surface area contributed by atoms with Crippen LogP contribution in [0.25, 0.3) is 11.0 Å². The van der Waals surface area contributed by atoms with E-state index >= 15 is 0 Å². The third kappa shape index (κ3) is 3.85. The quantitative estimate of drug-likeness (QED) is 0.649. The lowest BCUT2D eigenvalue weighted by Gasteiger charge is -2.33. The van der Waals surface area contributed by atoms with E-state index in [1.165, 1.54) is 15.6 Å². The normalized spacial score (nSPS) is 15.8. The molecule has 3 aromatic rings. The molecule has 2 aromatic heterocycles. The van der Waals surface area contributed by atoms with Gasteiger partial charge in [0.2, 0.25) is 10.0 Å². The number of nitrogens with one attached hydrogen (secondary N) is 1. The summed E-state index contributed by atoms with van der Waals surface area (Å²) in [6.45, 7) is 1.50. The number of aromatic nitrogens is 2. The second-order valence-corrected chi connectivity index (χ2v) is 10.4. The molecule has 0 saturated carbocycles. The van der Waals surface area contributed by atoms with Crippen LogP contribution in [0.5, 0.6) is 0 Å². The zero-order chi connectivity index (χ0) is 19.7. The van der Waals surface area contributed by atoms with E-state index in [2.05, 4.69) is 14.1 Å². The van der Waals surface area contributed by atoms with Gasteiger partial charge in [-0.1, -0.05) is 17.7 Å². The number of sulfonamides is 1. The first-order valence-corrected chi connectivity index (χ1v) is 11.8. The lowest BCUT2D eigenvalue weighted by molar-refractivity contribution is 0.172. The van der Waals surface area contributed by atoms with Crippen LogP contribution in [0.15, 0.2) is 35.2 Å². The Hall–Kier alpha value is -1.79. The number of piperazine rings is 1. The predicted molar refractivity (Wildman–Crippen MR) is 109 cm³/mol. The summed E-state index contributed by atoms with van der Waals surface area (Å²) in [6, 6.07) is 8.39. The second kappa shape index (κ2) is 7.91. The minimum absolute atomic E-state index is 0.159. The van der Waals surface area contributed by atoms with Crippen molar-refractivity contribution in [2.75, 3.05) is 26.2 Å². The molecule has 1 N–H and O–H groups in total. The summed E-state index contributed by atoms with van der Waals surface area (Å²) in [5.41, 5.74) is 0.958. The number of halogens is 1. The Morgan fingerprint density at radius 3 is 2.64 bits per heavy atom. The summed E-state index contributed by atoms with van der Waals surface area (Å²) >= 11 is 8.29. The topological polar surface area (TPSA) is 95.5 Å². The van der Waals surface area contributed by atoms with Crippen LogP contribution in [0.4, 0.5) is 4.79 Å². The van der Waals surface area contributed by atoms with Gasteiger partial charge in [-0.2, -0.15) is 13.1 Å². The third-order valence-corrected chi connectivity index (χ3v) is 8.14. The van der Waals surface area contributed by atoms with Gasteiger partial charge in [0, 0.05) is 31.1 Å². The number of hydrogen-bond acceptors (Lipinski definition) is 7. The number of fused-ring (bicyclic) bond motifs is 1. The van der Waals surface area contributed by atoms with Gasteiger partial charge in [-0.05, 0) is 24.3 Å². The standard InChI is InChI=1S/C16H16ClN5O3S3/c17-14-5-4-11(26-14)10-18-16(23)21-6-8-22(9-7-21)28(24,25)13-3-1-2-12-15(13)20-27-19-12/h1-5H,6-10H2,(H,18,23). The molecule has 1 aliphatic rings. The van der Waals surface area contributed by atoms with Gasteiger partial charge >= 0.3 is 6.03 Å². The highest BCUT2D eigenvalue weighted by Gasteiger charge is 2.31. The van der Waals surface area contributed by atoms with Crippen molar-refractivity contribution in [1.82, 2.24) is 23.3 Å². The van der Waals surface area contributed by atoms with Crippen molar-refractivity contribution in [3.05, 3.63) is 39.5 Å². The molecule has 0 atom stereocenters. The maximum Gasteiger partial charge on any atom is 0.317 e. The van der Waals surface area contributed by atoms with Crippen LogP contribution in [-0.2, 0) is 16.6 Å². The third-order valence-electron chi connectivity index (χ3n) is 4.44. The molecule has 0 radical (unpaired) electrons. The lowest BCUT2D eigenvalue weighted by Crippen LogP contribution is -2.52. The molecule has 1 aromatic carbocycles. The molecule has 1 fully saturated rings. The van der Waals surface area contributed by atoms with E-state index in [4.69, 9.17) is 11.6 Å². The van der Waals surface area contributed by atoms with E-state index in [-0.39, 0.29) is 24.0 Å². The van der Waals surface area contributed by atoms with Crippen LogP contribution in [-0.4, -0.2) is 58.6 Å². The highest BCUT2D eigenvalue weighted by Crippen LogP contribution is 2.25. The molecule has 148 valence electrons. The monoisotopic (exact) mass is 457 g/mol. The zero-order valence-corrected chi connectivity index (χ0v) is 17.7. The van der Waals surface area contributed by atoms with Crippen molar-refractivity contribution in [3.8, 4) is 0 Å². The summed E-state index contributed by atoms with van der Waals surface area (Å²) in [7, 11) is -3.69. The fourth-order valence-electron chi connectivity index (χ4n) is 2.98. The van der Waals surface area contributed by atoms with Crippen LogP contribution < -0.4 is 5.32 Å². The van der Waals surface area contributed by atoms with Crippen molar-refractivity contribution in [2.45, 2.75) is 11.4 Å². The van der Waals surface area contributed by atoms with Crippen molar-refractivity contribution < 1.29 is 13.2 Å². The van der Waals surface area contributed by atoms with Gasteiger partial charge in [0.25, 0.3) is 0 Å². The van der Waals surface area contributed by atoms with Gasteiger partial charge in [-0.15, -0.1) is 11.3 Å². The summed E-state index contributed by atoms with van der Waals surface area (Å²) in [5.74, 6) is 0. The number of carbonyl (C=O) groups is 1. The van der Waals surface area contributed by atoms with Crippen molar-refractivity contribution in [2.24, 2.45) is 0 Å². The fraction of sp³-hybridized carbons (Fsp3) is 0.312. The Morgan fingerprint density at radius 1 is 1.14 bits per heavy atom. The van der Waals surface area contributed by atoms with Crippen molar-refractivity contribution in [1.29, 1.82) is 0 Å². The first kappa shape index (κ1) is 19.5. The molecule has 8 nitrogen and oxygen atoms in total. The summed E-state index contributed by atoms with van der Waals surface area (Å²) in [4.78, 5) is 15.1. The highest BCUT2D eigenvalue weighted by molar-refractivity contribution is 7.89. The molecule has 1 aliphatic heterocycles. The Morgan fingerprint density at radius 2 is 1.93 bits per heavy atom. The van der Waals surface area contributed by atoms with E-state index in [1.807, 2.05) is 6.07 Å². The lowest BCUT2D eigenvalue weighted by atomic mass is 10.3. The van der Waals surface area contributed by atoms with E-state index in [9.17, 15) is 13.2 Å². The molecule has 3 heterocycles. The summed E-state index contributed by atoms with van der Waals surface area (Å²) in [5, 5.41) is 2.84. The number of urea groups is 1. The summed E-state index contributed by atoms with van der Waals surface area (Å²) in [6.07, 6.45) is 0. The SMILES string of the molecule is O=C(NCc1ccc(Cl)s1)N1CCN(S(=O)(=O)c2cccc3nsnc23)CC1. The average Bonchev–Trinajstić information content (AvgIpc) is 3.34. The molecule has 2 amide bonds. The molecular formula is C16H16ClN5O3S3. The van der Waals surface area contributed by atoms with Gasteiger partial charge in [0.1, 0.15) is 15.9 Å². The van der Waals surface area contributed by atoms with Crippen LogP contribution >= 0.6 is 34.7 Å². The highest BCUT2D eigenvalue weighted by atomic mass is 35.5. The Kier molecular flexibility index (Phi) is 5.52. The molecule has 4 rings (SSSR count). The number of hydrogen-bond donors (Lipinski definition) is 1. The molecule has 12 heteroatoms. The van der Waals surface area contributed by atoms with Gasteiger partial charge in [-0.3, -0.25) is 0 Å². The Balaban J connectivity index is 1.39. The van der Waals surface area contributed by atoms with Crippen molar-refractivity contribution in [3.63, 3.8) is 0 Å². The number of carbonyl (C=O) groups excluding carboxylic acids is 1. The molecule has 0 unspecified atom stereocenters. The number of amides is 2. The molecule has 28 heavy (non-hydrogen) atoms. The molecule has 0 spiro atoms. The number of nitrogens with zero attached hydrogens (tertiary/aromatic N) is 4. The van der Waals surface area contributed by atoms with E-state index < -0.39 is 10.0 Å². The van der Waals surface area contributed by atoms with Gasteiger partial charge in [-0.25, -0.2) is 13.2 Å². The first-order chi connectivity index (χ1) is 13.4.